The molecule has 0 unspecified atom stereocenters. The fraction of sp³-hybridized carbons (Fsp3) is 0.429. The van der Waals surface area contributed by atoms with Crippen molar-refractivity contribution >= 4 is 5.84 Å². The third kappa shape index (κ3) is 3.57. The first-order valence-corrected chi connectivity index (χ1v) is 3.89. The van der Waals surface area contributed by atoms with Crippen molar-refractivity contribution in [2.75, 3.05) is 6.54 Å². The van der Waals surface area contributed by atoms with Crippen LogP contribution in [0.3, 0.4) is 0 Å². The van der Waals surface area contributed by atoms with Crippen LogP contribution in [0.15, 0.2) is 21.9 Å². The van der Waals surface area contributed by atoms with Crippen molar-refractivity contribution in [1.82, 2.24) is 10.5 Å². The maximum absolute atomic E-state index is 8.22. The van der Waals surface area contributed by atoms with Gasteiger partial charge in [0.15, 0.2) is 0 Å². The zero-order valence-corrected chi connectivity index (χ0v) is 7.10. The Labute approximate surface area is 75.4 Å². The van der Waals surface area contributed by atoms with Crippen molar-refractivity contribution in [1.29, 1.82) is 0 Å². The van der Waals surface area contributed by atoms with Gasteiger partial charge in [-0.3, -0.25) is 0 Å². The smallest absolute Gasteiger partial charge is 0.150 e. The van der Waals surface area contributed by atoms with Gasteiger partial charge >= 0.3 is 0 Å². The summed E-state index contributed by atoms with van der Waals surface area (Å²) in [6.07, 6.45) is 2.09. The monoisotopic (exact) mass is 184 g/mol. The van der Waals surface area contributed by atoms with Gasteiger partial charge in [0.25, 0.3) is 0 Å². The first-order chi connectivity index (χ1) is 6.33. The topological polar surface area (TPSA) is 96.7 Å². The molecular formula is C7H12N4O2. The Morgan fingerprint density at radius 1 is 1.77 bits per heavy atom. The molecule has 4 N–H and O–H groups in total. The standard InChI is InChI=1S/C7H12N4O2/c8-7(11-12)2-3-9-5-6-1-4-10-13-6/h1,4,9,12H,2-3,5H2,(H2,8,11). The van der Waals surface area contributed by atoms with E-state index in [1.54, 1.807) is 12.3 Å². The summed E-state index contributed by atoms with van der Waals surface area (Å²) in [6, 6.07) is 1.77. The Hall–Kier alpha value is -1.56. The van der Waals surface area contributed by atoms with E-state index in [4.69, 9.17) is 15.5 Å². The van der Waals surface area contributed by atoms with E-state index in [9.17, 15) is 0 Å². The first kappa shape index (κ1) is 9.53. The molecule has 0 radical (unpaired) electrons. The molecule has 1 aromatic heterocycles. The molecule has 0 aliphatic heterocycles. The Morgan fingerprint density at radius 3 is 3.23 bits per heavy atom. The molecular weight excluding hydrogens is 172 g/mol. The van der Waals surface area contributed by atoms with Gasteiger partial charge < -0.3 is 20.8 Å². The lowest BCUT2D eigenvalue weighted by Crippen LogP contribution is -2.21. The minimum absolute atomic E-state index is 0.213. The Bertz CT molecular complexity index is 257. The van der Waals surface area contributed by atoms with Crippen LogP contribution in [0.2, 0.25) is 0 Å². The summed E-state index contributed by atoms with van der Waals surface area (Å²) in [6.45, 7) is 1.23. The molecule has 0 saturated carbocycles. The van der Waals surface area contributed by atoms with Gasteiger partial charge in [0.05, 0.1) is 12.7 Å². The fourth-order valence-electron chi connectivity index (χ4n) is 0.811. The Balaban J connectivity index is 2.08. The van der Waals surface area contributed by atoms with Gasteiger partial charge in [0, 0.05) is 19.0 Å². The number of hydrogen-bond donors (Lipinski definition) is 3. The normalized spacial score (nSPS) is 11.8. The number of hydrogen-bond acceptors (Lipinski definition) is 5. The Kier molecular flexibility index (Phi) is 3.77. The quantitative estimate of drug-likeness (QED) is 0.195. The molecule has 1 heterocycles. The number of aromatic nitrogens is 1. The number of nitrogens with zero attached hydrogens (tertiary/aromatic N) is 2. The highest BCUT2D eigenvalue weighted by atomic mass is 16.5. The molecule has 72 valence electrons. The third-order valence-corrected chi connectivity index (χ3v) is 1.48. The van der Waals surface area contributed by atoms with E-state index in [0.29, 0.717) is 19.5 Å². The number of nitrogens with two attached hydrogens (primary N) is 1. The molecule has 0 atom stereocenters. The van der Waals surface area contributed by atoms with E-state index in [-0.39, 0.29) is 5.84 Å². The number of rotatable bonds is 5. The second-order valence-corrected chi connectivity index (χ2v) is 2.50. The molecule has 0 aliphatic rings. The van der Waals surface area contributed by atoms with Gasteiger partial charge in [-0.15, -0.1) is 0 Å². The average molecular weight is 184 g/mol. The predicted octanol–water partition coefficient (Wildman–Crippen LogP) is -0.0993. The van der Waals surface area contributed by atoms with Gasteiger partial charge in [-0.1, -0.05) is 10.3 Å². The molecule has 0 saturated heterocycles. The molecule has 0 aromatic carbocycles. The van der Waals surface area contributed by atoms with Crippen LogP contribution in [-0.2, 0) is 6.54 Å². The van der Waals surface area contributed by atoms with Crippen LogP contribution in [0.5, 0.6) is 0 Å². The second kappa shape index (κ2) is 5.15. The lowest BCUT2D eigenvalue weighted by molar-refractivity contribution is 0.316. The zero-order chi connectivity index (χ0) is 9.52. The molecule has 0 bridgehead atoms. The molecule has 0 amide bonds. The SMILES string of the molecule is NC(CCNCc1ccno1)=NO. The molecule has 0 fully saturated rings. The Morgan fingerprint density at radius 2 is 2.62 bits per heavy atom. The van der Waals surface area contributed by atoms with E-state index < -0.39 is 0 Å². The average Bonchev–Trinajstić information content (AvgIpc) is 2.64. The van der Waals surface area contributed by atoms with Crippen molar-refractivity contribution in [2.24, 2.45) is 10.9 Å². The van der Waals surface area contributed by atoms with Crippen molar-refractivity contribution in [3.05, 3.63) is 18.0 Å². The summed E-state index contributed by atoms with van der Waals surface area (Å²) in [7, 11) is 0. The lowest BCUT2D eigenvalue weighted by Gasteiger charge is -1.99. The van der Waals surface area contributed by atoms with Crippen molar-refractivity contribution in [3.63, 3.8) is 0 Å². The molecule has 0 spiro atoms. The first-order valence-electron chi connectivity index (χ1n) is 3.89. The maximum atomic E-state index is 8.22. The summed E-state index contributed by atoms with van der Waals surface area (Å²) in [5.74, 6) is 0.976. The van der Waals surface area contributed by atoms with Crippen LogP contribution in [0.25, 0.3) is 0 Å². The highest BCUT2D eigenvalue weighted by molar-refractivity contribution is 5.79. The fourth-order valence-corrected chi connectivity index (χ4v) is 0.811. The minimum Gasteiger partial charge on any atom is -0.409 e. The van der Waals surface area contributed by atoms with Crippen molar-refractivity contribution < 1.29 is 9.73 Å². The van der Waals surface area contributed by atoms with Crippen LogP contribution >= 0.6 is 0 Å². The summed E-state index contributed by atoms with van der Waals surface area (Å²) in [4.78, 5) is 0. The van der Waals surface area contributed by atoms with Gasteiger partial charge in [-0.25, -0.2) is 0 Å². The van der Waals surface area contributed by atoms with E-state index >= 15 is 0 Å². The summed E-state index contributed by atoms with van der Waals surface area (Å²) < 4.78 is 4.84. The van der Waals surface area contributed by atoms with Gasteiger partial charge in [-0.05, 0) is 0 Å². The number of nitrogens with one attached hydrogen (secondary N) is 1. The number of oxime groups is 1. The molecule has 0 aliphatic carbocycles. The van der Waals surface area contributed by atoms with Crippen LogP contribution in [-0.4, -0.2) is 22.7 Å². The largest absolute Gasteiger partial charge is 0.409 e. The summed E-state index contributed by atoms with van der Waals surface area (Å²) in [5, 5.41) is 17.7. The van der Waals surface area contributed by atoms with Crippen LogP contribution in [0.4, 0.5) is 0 Å². The van der Waals surface area contributed by atoms with E-state index in [1.807, 2.05) is 0 Å². The van der Waals surface area contributed by atoms with E-state index in [2.05, 4.69) is 15.6 Å². The highest BCUT2D eigenvalue weighted by Crippen LogP contribution is 1.94. The van der Waals surface area contributed by atoms with Crippen LogP contribution < -0.4 is 11.1 Å². The van der Waals surface area contributed by atoms with Crippen molar-refractivity contribution in [3.8, 4) is 0 Å². The van der Waals surface area contributed by atoms with Gasteiger partial charge in [0.2, 0.25) is 0 Å². The maximum Gasteiger partial charge on any atom is 0.150 e. The van der Waals surface area contributed by atoms with Gasteiger partial charge in [0.1, 0.15) is 11.6 Å². The van der Waals surface area contributed by atoms with Crippen LogP contribution in [0.1, 0.15) is 12.2 Å². The highest BCUT2D eigenvalue weighted by Gasteiger charge is 1.96. The summed E-state index contributed by atoms with van der Waals surface area (Å²) >= 11 is 0. The van der Waals surface area contributed by atoms with Crippen molar-refractivity contribution in [2.45, 2.75) is 13.0 Å². The molecule has 1 aromatic rings. The third-order valence-electron chi connectivity index (χ3n) is 1.48. The molecule has 6 heteroatoms. The van der Waals surface area contributed by atoms with Gasteiger partial charge in [-0.2, -0.15) is 0 Å². The zero-order valence-electron chi connectivity index (χ0n) is 7.10. The van der Waals surface area contributed by atoms with E-state index in [1.165, 1.54) is 0 Å². The lowest BCUT2D eigenvalue weighted by atomic mass is 10.4. The molecule has 6 nitrogen and oxygen atoms in total. The van der Waals surface area contributed by atoms with E-state index in [0.717, 1.165) is 5.76 Å². The number of amidine groups is 1. The molecule has 1 rings (SSSR count). The molecule has 13 heavy (non-hydrogen) atoms. The summed E-state index contributed by atoms with van der Waals surface area (Å²) in [5.41, 5.74) is 5.26. The second-order valence-electron chi connectivity index (χ2n) is 2.50. The minimum atomic E-state index is 0.213. The van der Waals surface area contributed by atoms with Crippen LogP contribution in [0, 0.1) is 0 Å². The predicted molar refractivity (Wildman–Crippen MR) is 46.2 cm³/mol.